The van der Waals surface area contributed by atoms with Crippen molar-refractivity contribution in [2.24, 2.45) is 11.7 Å². The predicted octanol–water partition coefficient (Wildman–Crippen LogP) is 3.34. The molecule has 2 atom stereocenters. The minimum atomic E-state index is -0.532. The summed E-state index contributed by atoms with van der Waals surface area (Å²) in [7, 11) is 1.66. The van der Waals surface area contributed by atoms with Crippen molar-refractivity contribution in [1.29, 1.82) is 0 Å². The maximum atomic E-state index is 12.7. The van der Waals surface area contributed by atoms with Crippen LogP contribution in [-0.4, -0.2) is 38.2 Å². The third kappa shape index (κ3) is 5.78. The Hall–Kier alpha value is -3.22. The molecule has 2 amide bonds. The Kier molecular flexibility index (Phi) is 7.37. The molecular formula is C26H32N2O5. The first-order valence-electron chi connectivity index (χ1n) is 11.6. The van der Waals surface area contributed by atoms with E-state index in [4.69, 9.17) is 19.9 Å². The van der Waals surface area contributed by atoms with Gasteiger partial charge in [0, 0.05) is 18.4 Å². The van der Waals surface area contributed by atoms with E-state index in [0.717, 1.165) is 35.5 Å². The van der Waals surface area contributed by atoms with Gasteiger partial charge in [-0.1, -0.05) is 24.3 Å². The number of nitrogens with two attached hydrogens (primary N) is 1. The number of benzene rings is 2. The van der Waals surface area contributed by atoms with Crippen molar-refractivity contribution < 1.29 is 23.8 Å². The van der Waals surface area contributed by atoms with Gasteiger partial charge in [0.15, 0.2) is 18.1 Å². The van der Waals surface area contributed by atoms with Crippen LogP contribution in [0.2, 0.25) is 0 Å². The van der Waals surface area contributed by atoms with Gasteiger partial charge < -0.3 is 25.3 Å². The van der Waals surface area contributed by atoms with Gasteiger partial charge >= 0.3 is 0 Å². The summed E-state index contributed by atoms with van der Waals surface area (Å²) in [6, 6.07) is 13.6. The van der Waals surface area contributed by atoms with Gasteiger partial charge in [-0.25, -0.2) is 0 Å². The van der Waals surface area contributed by atoms with Crippen molar-refractivity contribution in [1.82, 2.24) is 5.32 Å². The smallest absolute Gasteiger partial charge is 0.255 e. The van der Waals surface area contributed by atoms with E-state index >= 15 is 0 Å². The van der Waals surface area contributed by atoms with E-state index in [1.54, 1.807) is 13.2 Å². The molecule has 7 heteroatoms. The third-order valence-corrected chi connectivity index (χ3v) is 6.53. The number of amides is 2. The normalized spacial score (nSPS) is 20.8. The molecule has 2 aromatic carbocycles. The molecular weight excluding hydrogens is 420 g/mol. The highest BCUT2D eigenvalue weighted by atomic mass is 16.5. The van der Waals surface area contributed by atoms with Gasteiger partial charge in [0.2, 0.25) is 5.91 Å². The quantitative estimate of drug-likeness (QED) is 0.608. The van der Waals surface area contributed by atoms with Crippen molar-refractivity contribution in [3.05, 3.63) is 53.6 Å². The van der Waals surface area contributed by atoms with Gasteiger partial charge in [0.1, 0.15) is 5.75 Å². The van der Waals surface area contributed by atoms with Crippen LogP contribution in [0.4, 0.5) is 0 Å². The first-order chi connectivity index (χ1) is 16.0. The Morgan fingerprint density at radius 1 is 1.09 bits per heavy atom. The molecule has 1 aliphatic carbocycles. The number of ether oxygens (including phenoxy) is 3. The van der Waals surface area contributed by atoms with Gasteiger partial charge in [-0.15, -0.1) is 0 Å². The van der Waals surface area contributed by atoms with E-state index in [-0.39, 0.29) is 30.5 Å². The average Bonchev–Trinajstić information content (AvgIpc) is 3.33. The fourth-order valence-electron chi connectivity index (χ4n) is 4.78. The molecule has 2 aromatic rings. The summed E-state index contributed by atoms with van der Waals surface area (Å²) < 4.78 is 17.3. The number of carbonyl (C=O) groups is 2. The van der Waals surface area contributed by atoms with E-state index < -0.39 is 5.91 Å². The zero-order valence-corrected chi connectivity index (χ0v) is 19.0. The third-order valence-electron chi connectivity index (χ3n) is 6.53. The van der Waals surface area contributed by atoms with Crippen LogP contribution < -0.4 is 25.3 Å². The summed E-state index contributed by atoms with van der Waals surface area (Å²) in [5, 5.41) is 3.07. The van der Waals surface area contributed by atoms with Gasteiger partial charge in [0.05, 0.1) is 13.2 Å². The first kappa shape index (κ1) is 23.0. The van der Waals surface area contributed by atoms with Crippen LogP contribution in [0.15, 0.2) is 42.5 Å². The number of nitrogens with one attached hydrogen (secondary N) is 1. The highest BCUT2D eigenvalue weighted by molar-refractivity contribution is 5.80. The topological polar surface area (TPSA) is 99.9 Å². The summed E-state index contributed by atoms with van der Waals surface area (Å²) in [6.07, 6.45) is 6.04. The molecule has 0 bridgehead atoms. The predicted molar refractivity (Wildman–Crippen MR) is 125 cm³/mol. The number of methoxy groups -OCH3 is 1. The van der Waals surface area contributed by atoms with Crippen LogP contribution in [0.5, 0.6) is 17.2 Å². The zero-order valence-electron chi connectivity index (χ0n) is 19.0. The number of hydrogen-bond acceptors (Lipinski definition) is 5. The van der Waals surface area contributed by atoms with E-state index in [1.165, 1.54) is 12.8 Å². The minimum absolute atomic E-state index is 0.0342. The molecule has 0 spiro atoms. The second-order valence-electron chi connectivity index (χ2n) is 8.88. The molecule has 1 aliphatic heterocycles. The molecule has 1 saturated heterocycles. The van der Waals surface area contributed by atoms with Crippen LogP contribution in [-0.2, 0) is 16.0 Å². The lowest BCUT2D eigenvalue weighted by Gasteiger charge is -2.30. The van der Waals surface area contributed by atoms with Gasteiger partial charge in [0.25, 0.3) is 5.91 Å². The molecule has 0 aromatic heterocycles. The SMILES string of the molecule is COc1ccc(C2CNC(=O)C(Cc3ccccc3OCC(N)=O)C2)cc1OC1CCCC1. The molecule has 1 heterocycles. The highest BCUT2D eigenvalue weighted by Gasteiger charge is 2.31. The van der Waals surface area contributed by atoms with Gasteiger partial charge in [-0.2, -0.15) is 0 Å². The summed E-state index contributed by atoms with van der Waals surface area (Å²) in [5.74, 6) is 1.57. The summed E-state index contributed by atoms with van der Waals surface area (Å²) in [4.78, 5) is 23.8. The number of hydrogen-bond donors (Lipinski definition) is 2. The van der Waals surface area contributed by atoms with Crippen molar-refractivity contribution in [3.8, 4) is 17.2 Å². The lowest BCUT2D eigenvalue weighted by molar-refractivity contribution is -0.127. The average molecular weight is 453 g/mol. The Bertz CT molecular complexity index is 986. The van der Waals surface area contributed by atoms with Gasteiger partial charge in [-0.05, 0) is 67.9 Å². The van der Waals surface area contributed by atoms with Crippen LogP contribution in [0.25, 0.3) is 0 Å². The van der Waals surface area contributed by atoms with Crippen LogP contribution in [0, 0.1) is 5.92 Å². The monoisotopic (exact) mass is 452 g/mol. The Morgan fingerprint density at radius 2 is 1.88 bits per heavy atom. The summed E-state index contributed by atoms with van der Waals surface area (Å²) in [5.41, 5.74) is 7.24. The highest BCUT2D eigenvalue weighted by Crippen LogP contribution is 2.37. The van der Waals surface area contributed by atoms with Crippen LogP contribution in [0.1, 0.15) is 49.1 Å². The van der Waals surface area contributed by atoms with Crippen LogP contribution in [0.3, 0.4) is 0 Å². The molecule has 176 valence electrons. The molecule has 4 rings (SSSR count). The van der Waals surface area contributed by atoms with E-state index in [9.17, 15) is 9.59 Å². The molecule has 7 nitrogen and oxygen atoms in total. The molecule has 0 radical (unpaired) electrons. The number of piperidine rings is 1. The fourth-order valence-corrected chi connectivity index (χ4v) is 4.78. The van der Waals surface area contributed by atoms with Crippen molar-refractivity contribution in [2.75, 3.05) is 20.3 Å². The standard InChI is InChI=1S/C26H32N2O5/c1-31-23-11-10-17(14-24(23)33-21-7-3-4-8-21)20-13-19(26(30)28-15-20)12-18-6-2-5-9-22(18)32-16-25(27)29/h2,5-6,9-11,14,19-21H,3-4,7-8,12-13,15-16H2,1H3,(H2,27,29)(H,28,30). The first-order valence-corrected chi connectivity index (χ1v) is 11.6. The van der Waals surface area contributed by atoms with E-state index in [1.807, 2.05) is 24.3 Å². The molecule has 2 aliphatic rings. The second kappa shape index (κ2) is 10.6. The second-order valence-corrected chi connectivity index (χ2v) is 8.88. The Labute approximate surface area is 194 Å². The van der Waals surface area contributed by atoms with E-state index in [2.05, 4.69) is 17.4 Å². The van der Waals surface area contributed by atoms with Crippen molar-refractivity contribution in [2.45, 2.75) is 50.5 Å². The largest absolute Gasteiger partial charge is 0.493 e. The summed E-state index contributed by atoms with van der Waals surface area (Å²) in [6.45, 7) is 0.399. The molecule has 33 heavy (non-hydrogen) atoms. The maximum absolute atomic E-state index is 12.7. The molecule has 3 N–H and O–H groups in total. The maximum Gasteiger partial charge on any atom is 0.255 e. The lowest BCUT2D eigenvalue weighted by atomic mass is 9.82. The van der Waals surface area contributed by atoms with Crippen molar-refractivity contribution in [3.63, 3.8) is 0 Å². The number of rotatable bonds is 9. The van der Waals surface area contributed by atoms with Gasteiger partial charge in [-0.3, -0.25) is 9.59 Å². The minimum Gasteiger partial charge on any atom is -0.493 e. The van der Waals surface area contributed by atoms with E-state index in [0.29, 0.717) is 25.1 Å². The lowest BCUT2D eigenvalue weighted by Crippen LogP contribution is -2.41. The Morgan fingerprint density at radius 3 is 2.64 bits per heavy atom. The Balaban J connectivity index is 1.49. The summed E-state index contributed by atoms with van der Waals surface area (Å²) >= 11 is 0. The zero-order chi connectivity index (χ0) is 23.2. The van der Waals surface area contributed by atoms with Crippen molar-refractivity contribution >= 4 is 11.8 Å². The number of carbonyl (C=O) groups excluding carboxylic acids is 2. The fraction of sp³-hybridized carbons (Fsp3) is 0.462. The molecule has 2 fully saturated rings. The molecule has 1 saturated carbocycles. The number of primary amides is 1. The molecule has 2 unspecified atom stereocenters. The number of para-hydroxylation sites is 1. The van der Waals surface area contributed by atoms with Crippen LogP contribution >= 0.6 is 0 Å².